The number of pyridine rings is 4. The maximum Gasteiger partial charge on any atom is 0.320 e. The largest absolute Gasteiger partial charge is 0.494 e. The van der Waals surface area contributed by atoms with E-state index in [0.717, 1.165) is 77.9 Å². The Balaban J connectivity index is 0.000000230. The number of halogens is 3. The smallest absolute Gasteiger partial charge is 0.320 e. The number of amides is 1. The Bertz CT molecular complexity index is 2700. The second-order valence-electron chi connectivity index (χ2n) is 16.1. The SMILES string of the molecule is CCOc1cc(C(C)(C)C)c2nc(-c3nnc(Nc4cccnc4)o3)cc(C)c2c1.CCOc1cc(C(C)(C)C)c2nc(C(=O)NN)cc(C)c2c1.ClC(Cl)Cl.N#CSc1cccnc1. The highest BCUT2D eigenvalue weighted by atomic mass is 35.6. The van der Waals surface area contributed by atoms with Crippen LogP contribution in [0.5, 0.6) is 11.5 Å². The van der Waals surface area contributed by atoms with Gasteiger partial charge in [-0.25, -0.2) is 15.8 Å². The number of fused-ring (bicyclic) bond motifs is 2. The van der Waals surface area contributed by atoms with Crippen molar-refractivity contribution in [2.75, 3.05) is 18.5 Å². The summed E-state index contributed by atoms with van der Waals surface area (Å²) >= 11 is 15.5. The van der Waals surface area contributed by atoms with Crippen LogP contribution in [0.25, 0.3) is 33.4 Å². The summed E-state index contributed by atoms with van der Waals surface area (Å²) in [5.74, 6) is 6.87. The third kappa shape index (κ3) is 15.2. The molecule has 1 amide bonds. The van der Waals surface area contributed by atoms with Gasteiger partial charge >= 0.3 is 6.01 Å². The highest BCUT2D eigenvalue weighted by molar-refractivity contribution is 8.03. The van der Waals surface area contributed by atoms with Crippen molar-refractivity contribution in [3.05, 3.63) is 113 Å². The monoisotopic (exact) mass is 958 g/mol. The zero-order chi connectivity index (χ0) is 47.9. The highest BCUT2D eigenvalue weighted by Gasteiger charge is 2.23. The Hall–Kier alpha value is -5.76. The molecule has 0 saturated carbocycles. The number of thioether (sulfide) groups is 1. The standard InChI is InChI=1S/C23H25N5O2.C17H23N3O2.C6H4N2S.CHCl3/c1-6-29-16-11-17-14(2)10-19(26-20(17)18(12-16)23(3,4)5)21-27-28-22(30-21)25-15-8-7-9-24-13-15;1-6-22-11-8-12-10(2)7-14(16(21)20-18)19-15(12)13(9-11)17(3,4)5;7-5-9-6-2-1-3-8-4-6;2-1(3)4/h7-13H,6H2,1-5H3,(H,25,28);7-9H,6,18H2,1-5H3,(H,20,21);1-4H;1H. The predicted octanol–water partition coefficient (Wildman–Crippen LogP) is 11.9. The first-order valence-corrected chi connectivity index (χ1v) is 22.5. The first-order chi connectivity index (χ1) is 30.8. The lowest BCUT2D eigenvalue weighted by Crippen LogP contribution is -2.31. The first-order valence-electron chi connectivity index (χ1n) is 20.4. The van der Waals surface area contributed by atoms with Gasteiger partial charge in [0.15, 0.2) is 4.30 Å². The molecule has 0 fully saturated rings. The molecule has 0 atom stereocenters. The molecular formula is C47H53Cl3N10O4S. The van der Waals surface area contributed by atoms with E-state index in [0.29, 0.717) is 36.5 Å². The molecule has 0 bridgehead atoms. The van der Waals surface area contributed by atoms with E-state index in [-0.39, 0.29) is 10.8 Å². The molecule has 0 radical (unpaired) electrons. The molecule has 5 heterocycles. The molecule has 18 heteroatoms. The van der Waals surface area contributed by atoms with Crippen LogP contribution in [0, 0.1) is 24.5 Å². The van der Waals surface area contributed by atoms with Crippen LogP contribution in [0.4, 0.5) is 11.7 Å². The van der Waals surface area contributed by atoms with Crippen LogP contribution in [0.2, 0.25) is 0 Å². The average Bonchev–Trinajstić information content (AvgIpc) is 3.72. The fraction of sp³-hybridized carbons (Fsp3) is 0.319. The number of nitrogens with one attached hydrogen (secondary N) is 2. The summed E-state index contributed by atoms with van der Waals surface area (Å²) in [6.07, 6.45) is 6.74. The number of ether oxygens (including phenoxy) is 2. The molecule has 0 spiro atoms. The summed E-state index contributed by atoms with van der Waals surface area (Å²) in [6, 6.07) is 19.5. The van der Waals surface area contributed by atoms with Crippen molar-refractivity contribution >= 4 is 86.0 Å². The maximum atomic E-state index is 11.8. The normalized spacial score (nSPS) is 11.0. The van der Waals surface area contributed by atoms with E-state index in [1.807, 2.05) is 68.6 Å². The lowest BCUT2D eigenvalue weighted by molar-refractivity contribution is 0.0949. The number of nitrogens with two attached hydrogens (primary N) is 1. The highest BCUT2D eigenvalue weighted by Crippen LogP contribution is 2.37. The molecule has 342 valence electrons. The third-order valence-corrected chi connectivity index (χ3v) is 9.71. The second-order valence-corrected chi connectivity index (χ2v) is 19.0. The van der Waals surface area contributed by atoms with Crippen molar-refractivity contribution in [2.45, 2.75) is 89.3 Å². The Morgan fingerprint density at radius 1 is 0.815 bits per heavy atom. The summed E-state index contributed by atoms with van der Waals surface area (Å²) in [6.45, 7) is 22.0. The molecule has 2 aromatic carbocycles. The Morgan fingerprint density at radius 3 is 1.83 bits per heavy atom. The number of rotatable bonds is 9. The lowest BCUT2D eigenvalue weighted by atomic mass is 9.84. The number of hydrogen-bond acceptors (Lipinski definition) is 14. The molecule has 4 N–H and O–H groups in total. The fourth-order valence-corrected chi connectivity index (χ4v) is 6.64. The Kier molecular flexibility index (Phi) is 19.1. The van der Waals surface area contributed by atoms with Crippen molar-refractivity contribution in [2.24, 2.45) is 5.84 Å². The Labute approximate surface area is 399 Å². The quantitative estimate of drug-likeness (QED) is 0.0308. The second kappa shape index (κ2) is 24.0. The zero-order valence-electron chi connectivity index (χ0n) is 38.0. The van der Waals surface area contributed by atoms with E-state index in [4.69, 9.17) is 64.8 Å². The summed E-state index contributed by atoms with van der Waals surface area (Å²) < 4.78 is 16.5. The first kappa shape index (κ1) is 51.9. The minimum Gasteiger partial charge on any atom is -0.494 e. The van der Waals surface area contributed by atoms with Gasteiger partial charge in [0.1, 0.15) is 28.3 Å². The van der Waals surface area contributed by atoms with Crippen LogP contribution in [0.1, 0.15) is 88.1 Å². The molecule has 0 saturated heterocycles. The van der Waals surface area contributed by atoms with E-state index in [9.17, 15) is 4.79 Å². The number of hydrazine groups is 1. The molecule has 5 aromatic heterocycles. The fourth-order valence-electron chi connectivity index (χ4n) is 6.27. The number of aryl methyl sites for hydroxylation is 2. The molecule has 0 unspecified atom stereocenters. The molecular weight excluding hydrogens is 907 g/mol. The number of aromatic nitrogens is 6. The van der Waals surface area contributed by atoms with Gasteiger partial charge in [0.2, 0.25) is 0 Å². The maximum absolute atomic E-state index is 11.8. The number of alkyl halides is 3. The van der Waals surface area contributed by atoms with E-state index < -0.39 is 10.2 Å². The molecule has 65 heavy (non-hydrogen) atoms. The van der Waals surface area contributed by atoms with Gasteiger partial charge in [0.25, 0.3) is 11.8 Å². The van der Waals surface area contributed by atoms with Crippen molar-refractivity contribution in [1.82, 2.24) is 35.6 Å². The van der Waals surface area contributed by atoms with Crippen LogP contribution in [-0.2, 0) is 10.8 Å². The third-order valence-electron chi connectivity index (χ3n) is 9.14. The summed E-state index contributed by atoms with van der Waals surface area (Å²) in [7, 11) is 0. The van der Waals surface area contributed by atoms with Crippen LogP contribution in [-0.4, -0.2) is 53.5 Å². The van der Waals surface area contributed by atoms with Gasteiger partial charge < -0.3 is 19.2 Å². The number of nitrogen functional groups attached to an aromatic ring is 1. The summed E-state index contributed by atoms with van der Waals surface area (Å²) in [4.78, 5) is 30.0. The van der Waals surface area contributed by atoms with E-state index >= 15 is 0 Å². The minimum atomic E-state index is -0.750. The van der Waals surface area contributed by atoms with Gasteiger partial charge in [0, 0.05) is 34.3 Å². The molecule has 7 rings (SSSR count). The molecule has 7 aromatic rings. The predicted molar refractivity (Wildman–Crippen MR) is 262 cm³/mol. The lowest BCUT2D eigenvalue weighted by Gasteiger charge is -2.23. The number of thiocyanates is 1. The van der Waals surface area contributed by atoms with E-state index in [2.05, 4.69) is 90.4 Å². The van der Waals surface area contributed by atoms with Crippen LogP contribution < -0.4 is 26.1 Å². The number of carbonyl (C=O) groups excluding carboxylic acids is 1. The van der Waals surface area contributed by atoms with Crippen molar-refractivity contribution in [3.8, 4) is 28.5 Å². The van der Waals surface area contributed by atoms with Gasteiger partial charge in [-0.2, -0.15) is 5.26 Å². The average molecular weight is 960 g/mol. The number of anilines is 2. The molecule has 0 aliphatic heterocycles. The van der Waals surface area contributed by atoms with Crippen molar-refractivity contribution in [3.63, 3.8) is 0 Å². The van der Waals surface area contributed by atoms with E-state index in [1.54, 1.807) is 36.9 Å². The molecule has 14 nitrogen and oxygen atoms in total. The number of hydrogen-bond donors (Lipinski definition) is 3. The zero-order valence-corrected chi connectivity index (χ0v) is 41.0. The van der Waals surface area contributed by atoms with Gasteiger partial charge in [-0.3, -0.25) is 20.2 Å². The minimum absolute atomic E-state index is 0.106. The van der Waals surface area contributed by atoms with Crippen LogP contribution in [0.15, 0.2) is 94.8 Å². The summed E-state index contributed by atoms with van der Waals surface area (Å²) in [5, 5.41) is 23.5. The van der Waals surface area contributed by atoms with Gasteiger partial charge in [-0.1, -0.05) is 81.4 Å². The topological polar surface area (TPSA) is 200 Å². The number of carbonyl (C=O) groups is 1. The molecule has 0 aliphatic rings. The van der Waals surface area contributed by atoms with Gasteiger partial charge in [0.05, 0.1) is 36.1 Å². The van der Waals surface area contributed by atoms with Gasteiger partial charge in [-0.05, 0) is 133 Å². The summed E-state index contributed by atoms with van der Waals surface area (Å²) in [5.41, 5.74) is 9.57. The van der Waals surface area contributed by atoms with Crippen molar-refractivity contribution < 1.29 is 18.7 Å². The number of nitrogens with zero attached hydrogens (tertiary/aromatic N) is 7. The van der Waals surface area contributed by atoms with Crippen LogP contribution in [0.3, 0.4) is 0 Å². The Morgan fingerprint density at radius 2 is 1.35 bits per heavy atom. The molecule has 0 aliphatic carbocycles. The van der Waals surface area contributed by atoms with Crippen LogP contribution >= 0.6 is 46.6 Å². The number of nitriles is 1. The van der Waals surface area contributed by atoms with Gasteiger partial charge in [-0.15, -0.1) is 5.10 Å². The van der Waals surface area contributed by atoms with Crippen molar-refractivity contribution in [1.29, 1.82) is 5.26 Å². The number of benzene rings is 2. The van der Waals surface area contributed by atoms with E-state index in [1.165, 1.54) is 0 Å².